The maximum Gasteiger partial charge on any atom is 0.124 e. The van der Waals surface area contributed by atoms with Crippen molar-refractivity contribution in [3.63, 3.8) is 0 Å². The quantitative estimate of drug-likeness (QED) is 0.759. The minimum absolute atomic E-state index is 0.331. The van der Waals surface area contributed by atoms with Crippen molar-refractivity contribution in [1.82, 2.24) is 0 Å². The first-order valence-corrected chi connectivity index (χ1v) is 6.40. The molecule has 0 aromatic heterocycles. The van der Waals surface area contributed by atoms with Crippen molar-refractivity contribution in [1.29, 1.82) is 0 Å². The van der Waals surface area contributed by atoms with E-state index in [9.17, 15) is 8.60 Å². The molecule has 4 heteroatoms. The summed E-state index contributed by atoms with van der Waals surface area (Å²) >= 11 is 0. The van der Waals surface area contributed by atoms with Crippen LogP contribution < -0.4 is 5.73 Å². The lowest BCUT2D eigenvalue weighted by atomic mass is 10.2. The average molecular weight is 229 g/mol. The van der Waals surface area contributed by atoms with Gasteiger partial charge in [0.15, 0.2) is 0 Å². The Hall–Kier alpha value is -0.740. The molecule has 0 saturated heterocycles. The number of hydrogen-bond acceptors (Lipinski definition) is 2. The summed E-state index contributed by atoms with van der Waals surface area (Å²) in [4.78, 5) is 0.572. The normalized spacial score (nSPS) is 12.7. The van der Waals surface area contributed by atoms with Gasteiger partial charge < -0.3 is 5.73 Å². The number of unbranched alkanes of at least 4 members (excludes halogenated alkanes) is 2. The molecule has 0 radical (unpaired) electrons. The van der Waals surface area contributed by atoms with Crippen molar-refractivity contribution in [2.24, 2.45) is 5.73 Å². The lowest BCUT2D eigenvalue weighted by Crippen LogP contribution is -2.02. The van der Waals surface area contributed by atoms with Crippen molar-refractivity contribution in [2.45, 2.75) is 24.2 Å². The van der Waals surface area contributed by atoms with Crippen molar-refractivity contribution in [3.05, 3.63) is 30.1 Å². The fraction of sp³-hybridized carbons (Fsp3) is 0.455. The van der Waals surface area contributed by atoms with Crippen LogP contribution in [-0.4, -0.2) is 16.5 Å². The van der Waals surface area contributed by atoms with E-state index in [4.69, 9.17) is 5.73 Å². The molecule has 84 valence electrons. The molecule has 0 aliphatic rings. The maximum absolute atomic E-state index is 12.8. The highest BCUT2D eigenvalue weighted by Gasteiger charge is 2.03. The zero-order valence-electron chi connectivity index (χ0n) is 8.62. The number of hydrogen-bond donors (Lipinski definition) is 1. The fourth-order valence-corrected chi connectivity index (χ4v) is 2.46. The molecular formula is C11H16FNOS. The summed E-state index contributed by atoms with van der Waals surface area (Å²) in [5, 5.41) is 0. The Kier molecular flexibility index (Phi) is 5.50. The molecule has 1 rings (SSSR count). The summed E-state index contributed by atoms with van der Waals surface area (Å²) in [5.74, 6) is 0.256. The van der Waals surface area contributed by atoms with Crippen LogP contribution in [0.5, 0.6) is 0 Å². The molecule has 0 aliphatic carbocycles. The van der Waals surface area contributed by atoms with Crippen molar-refractivity contribution < 1.29 is 8.60 Å². The molecule has 15 heavy (non-hydrogen) atoms. The van der Waals surface area contributed by atoms with Crippen molar-refractivity contribution in [2.75, 3.05) is 12.3 Å². The van der Waals surface area contributed by atoms with E-state index in [1.165, 1.54) is 12.1 Å². The lowest BCUT2D eigenvalue weighted by Gasteiger charge is -2.02. The number of benzene rings is 1. The SMILES string of the molecule is NCCCCCS(=O)c1cccc(F)c1. The second kappa shape index (κ2) is 6.69. The molecule has 1 aromatic carbocycles. The summed E-state index contributed by atoms with van der Waals surface area (Å²) in [5.41, 5.74) is 5.35. The third kappa shape index (κ3) is 4.53. The van der Waals surface area contributed by atoms with Gasteiger partial charge in [-0.05, 0) is 37.6 Å². The van der Waals surface area contributed by atoms with Crippen LogP contribution in [0.3, 0.4) is 0 Å². The highest BCUT2D eigenvalue weighted by molar-refractivity contribution is 7.85. The summed E-state index contributed by atoms with van der Waals surface area (Å²) in [7, 11) is -1.08. The molecule has 0 saturated carbocycles. The molecule has 0 bridgehead atoms. The largest absolute Gasteiger partial charge is 0.330 e. The Labute approximate surface area is 92.1 Å². The Balaban J connectivity index is 2.40. The smallest absolute Gasteiger partial charge is 0.124 e. The Morgan fingerprint density at radius 3 is 2.73 bits per heavy atom. The van der Waals surface area contributed by atoms with E-state index in [-0.39, 0.29) is 5.82 Å². The predicted molar refractivity (Wildman–Crippen MR) is 60.6 cm³/mol. The molecular weight excluding hydrogens is 213 g/mol. The third-order valence-corrected chi connectivity index (χ3v) is 3.53. The Bertz CT molecular complexity index is 330. The first-order chi connectivity index (χ1) is 7.24. The molecule has 0 fully saturated rings. The topological polar surface area (TPSA) is 43.1 Å². The number of nitrogens with two attached hydrogens (primary N) is 1. The van der Waals surface area contributed by atoms with Gasteiger partial charge in [-0.15, -0.1) is 0 Å². The van der Waals surface area contributed by atoms with Crippen LogP contribution in [0.2, 0.25) is 0 Å². The van der Waals surface area contributed by atoms with Crippen LogP contribution in [0.25, 0.3) is 0 Å². The van der Waals surface area contributed by atoms with Crippen LogP contribution >= 0.6 is 0 Å². The molecule has 1 unspecified atom stereocenters. The van der Waals surface area contributed by atoms with E-state index >= 15 is 0 Å². The molecule has 2 nitrogen and oxygen atoms in total. The summed E-state index contributed by atoms with van der Waals surface area (Å²) in [6.07, 6.45) is 2.82. The minimum Gasteiger partial charge on any atom is -0.330 e. The zero-order valence-corrected chi connectivity index (χ0v) is 9.43. The van der Waals surface area contributed by atoms with E-state index in [0.717, 1.165) is 19.3 Å². The summed E-state index contributed by atoms with van der Waals surface area (Å²) in [6.45, 7) is 0.673. The highest BCUT2D eigenvalue weighted by atomic mass is 32.2. The number of rotatable bonds is 6. The first-order valence-electron chi connectivity index (χ1n) is 5.08. The van der Waals surface area contributed by atoms with Gasteiger partial charge in [-0.1, -0.05) is 12.5 Å². The van der Waals surface area contributed by atoms with E-state index < -0.39 is 10.8 Å². The van der Waals surface area contributed by atoms with E-state index in [0.29, 0.717) is 17.2 Å². The fourth-order valence-electron chi connectivity index (χ4n) is 1.28. The summed E-state index contributed by atoms with van der Waals surface area (Å²) in [6, 6.07) is 5.97. The van der Waals surface area contributed by atoms with Crippen LogP contribution in [0.15, 0.2) is 29.2 Å². The van der Waals surface area contributed by atoms with E-state index in [1.54, 1.807) is 12.1 Å². The highest BCUT2D eigenvalue weighted by Crippen LogP contribution is 2.10. The minimum atomic E-state index is -1.08. The van der Waals surface area contributed by atoms with Crippen LogP contribution in [0.1, 0.15) is 19.3 Å². The standard InChI is InChI=1S/C11H16FNOS/c12-10-5-4-6-11(9-10)15(14)8-3-1-2-7-13/h4-6,9H,1-3,7-8,13H2. The molecule has 2 N–H and O–H groups in total. The van der Waals surface area contributed by atoms with Gasteiger partial charge in [0.2, 0.25) is 0 Å². The second-order valence-electron chi connectivity index (χ2n) is 3.36. The van der Waals surface area contributed by atoms with Crippen LogP contribution in [-0.2, 0) is 10.8 Å². The van der Waals surface area contributed by atoms with Gasteiger partial charge in [-0.2, -0.15) is 0 Å². The van der Waals surface area contributed by atoms with E-state index in [1.807, 2.05) is 0 Å². The second-order valence-corrected chi connectivity index (χ2v) is 4.93. The predicted octanol–water partition coefficient (Wildman–Crippen LogP) is 2.06. The molecule has 1 aromatic rings. The Morgan fingerprint density at radius 1 is 1.27 bits per heavy atom. The van der Waals surface area contributed by atoms with Gasteiger partial charge in [0.05, 0.1) is 10.8 Å². The van der Waals surface area contributed by atoms with Crippen LogP contribution in [0, 0.1) is 5.82 Å². The van der Waals surface area contributed by atoms with Crippen molar-refractivity contribution >= 4 is 10.8 Å². The van der Waals surface area contributed by atoms with Gasteiger partial charge in [-0.25, -0.2) is 4.39 Å². The first kappa shape index (κ1) is 12.3. The molecule has 0 aliphatic heterocycles. The van der Waals surface area contributed by atoms with E-state index in [2.05, 4.69) is 0 Å². The van der Waals surface area contributed by atoms with Gasteiger partial charge >= 0.3 is 0 Å². The van der Waals surface area contributed by atoms with Gasteiger partial charge in [0.25, 0.3) is 0 Å². The van der Waals surface area contributed by atoms with Crippen molar-refractivity contribution in [3.8, 4) is 0 Å². The Morgan fingerprint density at radius 2 is 2.07 bits per heavy atom. The zero-order chi connectivity index (χ0) is 11.1. The average Bonchev–Trinajstić information content (AvgIpc) is 2.24. The monoisotopic (exact) mass is 229 g/mol. The molecule has 0 heterocycles. The maximum atomic E-state index is 12.8. The summed E-state index contributed by atoms with van der Waals surface area (Å²) < 4.78 is 24.5. The van der Waals surface area contributed by atoms with Crippen LogP contribution in [0.4, 0.5) is 4.39 Å². The van der Waals surface area contributed by atoms with Gasteiger partial charge in [0, 0.05) is 10.6 Å². The third-order valence-electron chi connectivity index (χ3n) is 2.09. The number of halogens is 1. The van der Waals surface area contributed by atoms with Gasteiger partial charge in [-0.3, -0.25) is 4.21 Å². The molecule has 1 atom stereocenters. The van der Waals surface area contributed by atoms with Gasteiger partial charge in [0.1, 0.15) is 5.82 Å². The molecule has 0 amide bonds. The lowest BCUT2D eigenvalue weighted by molar-refractivity contribution is 0.622. The molecule has 0 spiro atoms.